The lowest BCUT2D eigenvalue weighted by molar-refractivity contribution is -0.276. The van der Waals surface area contributed by atoms with E-state index in [4.69, 9.17) is 9.47 Å². The fourth-order valence-electron chi connectivity index (χ4n) is 2.17. The Bertz CT molecular complexity index is 738. The van der Waals surface area contributed by atoms with E-state index in [-0.39, 0.29) is 0 Å². The van der Waals surface area contributed by atoms with Crippen LogP contribution in [0.1, 0.15) is 20.8 Å². The molecule has 0 radical (unpaired) electrons. The second-order valence-electron chi connectivity index (χ2n) is 6.48. The van der Waals surface area contributed by atoms with Gasteiger partial charge in [0.1, 0.15) is 17.0 Å². The molecule has 3 N–H and O–H groups in total. The Hall–Kier alpha value is -1.49. The minimum absolute atomic E-state index is 0.559. The van der Waals surface area contributed by atoms with Crippen LogP contribution in [-0.4, -0.2) is 49.4 Å². The lowest BCUT2D eigenvalue weighted by atomic mass is 9.97. The third-order valence-corrected chi connectivity index (χ3v) is 4.66. The van der Waals surface area contributed by atoms with Crippen LogP contribution in [0.4, 0.5) is 0 Å². The van der Waals surface area contributed by atoms with Gasteiger partial charge in [0.25, 0.3) is 5.56 Å². The number of hydrogen-bond donors (Lipinski definition) is 3. The van der Waals surface area contributed by atoms with Crippen molar-refractivity contribution >= 4 is 21.9 Å². The van der Waals surface area contributed by atoms with Crippen LogP contribution < -0.4 is 11.2 Å². The van der Waals surface area contributed by atoms with Gasteiger partial charge in [0.2, 0.25) is 0 Å². The highest BCUT2D eigenvalue weighted by atomic mass is 79.9. The predicted octanol–water partition coefficient (Wildman–Crippen LogP) is -0.748. The van der Waals surface area contributed by atoms with Gasteiger partial charge in [-0.05, 0) is 20.8 Å². The van der Waals surface area contributed by atoms with Crippen molar-refractivity contribution in [1.29, 1.82) is 0 Å². The molecule has 9 nitrogen and oxygen atoms in total. The number of ether oxygens (including phenoxy) is 2. The monoisotopic (exact) mass is 406 g/mol. The maximum Gasteiger partial charge on any atom is 0.333 e. The summed E-state index contributed by atoms with van der Waals surface area (Å²) < 4.78 is 11.9. The molecule has 10 heteroatoms. The zero-order chi connectivity index (χ0) is 18.3. The maximum atomic E-state index is 12.4. The van der Waals surface area contributed by atoms with Crippen LogP contribution in [0.3, 0.4) is 0 Å². The molecule has 0 amide bonds. The molecule has 2 rings (SSSR count). The van der Waals surface area contributed by atoms with Gasteiger partial charge in [-0.15, -0.1) is 0 Å². The number of aromatic amines is 1. The molecule has 0 unspecified atom stereocenters. The highest BCUT2D eigenvalue weighted by Gasteiger charge is 2.59. The van der Waals surface area contributed by atoms with E-state index in [2.05, 4.69) is 15.9 Å². The molecule has 24 heavy (non-hydrogen) atoms. The molecule has 2 heterocycles. The molecule has 1 aliphatic rings. The number of aliphatic hydroxyl groups is 2. The molecule has 0 saturated carbocycles. The number of H-pyrrole nitrogens is 1. The van der Waals surface area contributed by atoms with Crippen LogP contribution >= 0.6 is 15.9 Å². The van der Waals surface area contributed by atoms with Crippen LogP contribution in [-0.2, 0) is 20.2 Å². The van der Waals surface area contributed by atoms with E-state index in [9.17, 15) is 24.6 Å². The maximum absolute atomic E-state index is 12.4. The van der Waals surface area contributed by atoms with Crippen LogP contribution in [0.5, 0.6) is 0 Å². The second kappa shape index (κ2) is 6.43. The van der Waals surface area contributed by atoms with Crippen molar-refractivity contribution in [2.45, 2.75) is 43.7 Å². The number of carbonyl (C=O) groups excluding carboxylic acids is 1. The lowest BCUT2D eigenvalue weighted by Gasteiger charge is -2.34. The zero-order valence-electron chi connectivity index (χ0n) is 13.4. The summed E-state index contributed by atoms with van der Waals surface area (Å²) >= 11 is 3.18. The summed E-state index contributed by atoms with van der Waals surface area (Å²) in [6.07, 6.45) is -1.26. The highest BCUT2D eigenvalue weighted by Crippen LogP contribution is 2.41. The fraction of sp³-hybridized carbons (Fsp3) is 0.643. The minimum Gasteiger partial charge on any atom is -0.411 e. The Labute approximate surface area is 145 Å². The zero-order valence-corrected chi connectivity index (χ0v) is 14.9. The normalized spacial score (nSPS) is 30.3. The van der Waals surface area contributed by atoms with Gasteiger partial charge < -0.3 is 19.7 Å². The molecule has 4 atom stereocenters. The third-order valence-electron chi connectivity index (χ3n) is 3.54. The molecule has 1 fully saturated rings. The van der Waals surface area contributed by atoms with Crippen LogP contribution in [0.2, 0.25) is 0 Å². The summed E-state index contributed by atoms with van der Waals surface area (Å²) in [7, 11) is 0. The summed E-state index contributed by atoms with van der Waals surface area (Å²) in [5.74, 6) is -2.76. The molecule has 0 spiro atoms. The van der Waals surface area contributed by atoms with Crippen LogP contribution in [0, 0.1) is 5.41 Å². The van der Waals surface area contributed by atoms with E-state index in [1.165, 1.54) is 0 Å². The summed E-state index contributed by atoms with van der Waals surface area (Å²) in [5, 5.41) is 19.6. The standard InChI is InChI=1S/C14H19BrN2O7/c1-13(2,3)11(21)24-14(10(15)9(20)7(6-18)23-14)17-5-4-8(19)16-12(17)22/h4-5,7,9-10,18,20H,6H2,1-3H3,(H,16,19,22)/t7-,9-,10+,14+/m1/s1. The van der Waals surface area contributed by atoms with Gasteiger partial charge >= 0.3 is 17.6 Å². The quantitative estimate of drug-likeness (QED) is 0.444. The summed E-state index contributed by atoms with van der Waals surface area (Å²) in [5.41, 5.74) is -2.45. The van der Waals surface area contributed by atoms with E-state index in [0.717, 1.165) is 16.8 Å². The Balaban J connectivity index is 2.60. The van der Waals surface area contributed by atoms with Gasteiger partial charge in [-0.3, -0.25) is 14.6 Å². The van der Waals surface area contributed by atoms with E-state index in [1.54, 1.807) is 20.8 Å². The number of nitrogens with zero attached hydrogens (tertiary/aromatic N) is 1. The molecule has 0 aromatic carbocycles. The molecule has 1 aromatic heterocycles. The number of alkyl halides is 1. The molecule has 134 valence electrons. The van der Waals surface area contributed by atoms with Gasteiger partial charge in [0.15, 0.2) is 0 Å². The number of hydrogen-bond acceptors (Lipinski definition) is 7. The third kappa shape index (κ3) is 3.18. The van der Waals surface area contributed by atoms with Gasteiger partial charge in [-0.2, -0.15) is 0 Å². The van der Waals surface area contributed by atoms with Gasteiger partial charge in [-0.1, -0.05) is 15.9 Å². The SMILES string of the molecule is CC(C)(C)C(=O)O[C@@]1(n2ccc(=O)[nH]c2=O)O[C@H](CO)[C@@H](O)[C@@H]1Br. The minimum atomic E-state index is -2.06. The molecule has 1 aliphatic heterocycles. The van der Waals surface area contributed by atoms with E-state index < -0.39 is 52.2 Å². The molecular weight excluding hydrogens is 388 g/mol. The first kappa shape index (κ1) is 18.8. The van der Waals surface area contributed by atoms with Gasteiger partial charge in [0, 0.05) is 12.3 Å². The van der Waals surface area contributed by atoms with Crippen molar-refractivity contribution in [3.05, 3.63) is 33.1 Å². The smallest absolute Gasteiger partial charge is 0.333 e. The Morgan fingerprint density at radius 1 is 1.50 bits per heavy atom. The second-order valence-corrected chi connectivity index (χ2v) is 7.47. The van der Waals surface area contributed by atoms with Gasteiger partial charge in [0.05, 0.1) is 12.0 Å². The number of aromatic nitrogens is 2. The van der Waals surface area contributed by atoms with Crippen molar-refractivity contribution in [2.75, 3.05) is 6.61 Å². The van der Waals surface area contributed by atoms with Crippen molar-refractivity contribution < 1.29 is 24.5 Å². The van der Waals surface area contributed by atoms with E-state index in [1.807, 2.05) is 4.98 Å². The van der Waals surface area contributed by atoms with Crippen LogP contribution in [0.25, 0.3) is 0 Å². The average molecular weight is 407 g/mol. The van der Waals surface area contributed by atoms with E-state index in [0.29, 0.717) is 0 Å². The van der Waals surface area contributed by atoms with Gasteiger partial charge in [-0.25, -0.2) is 9.36 Å². The molecule has 1 aromatic rings. The predicted molar refractivity (Wildman–Crippen MR) is 85.5 cm³/mol. The van der Waals surface area contributed by atoms with E-state index >= 15 is 0 Å². The summed E-state index contributed by atoms with van der Waals surface area (Å²) in [6.45, 7) is 4.26. The number of rotatable bonds is 3. The average Bonchev–Trinajstić information content (AvgIpc) is 2.71. The molecular formula is C14H19BrN2O7. The Kier molecular flexibility index (Phi) is 5.05. The summed E-state index contributed by atoms with van der Waals surface area (Å²) in [4.78, 5) is 36.8. The van der Waals surface area contributed by atoms with Crippen LogP contribution in [0.15, 0.2) is 21.9 Å². The topological polar surface area (TPSA) is 131 Å². The first-order valence-corrected chi connectivity index (χ1v) is 8.11. The molecule has 1 saturated heterocycles. The van der Waals surface area contributed by atoms with Crippen molar-refractivity contribution in [3.8, 4) is 0 Å². The number of carbonyl (C=O) groups is 1. The Morgan fingerprint density at radius 3 is 2.58 bits per heavy atom. The largest absolute Gasteiger partial charge is 0.411 e. The van der Waals surface area contributed by atoms with Crippen molar-refractivity contribution in [2.24, 2.45) is 5.41 Å². The highest BCUT2D eigenvalue weighted by molar-refractivity contribution is 9.09. The number of esters is 1. The molecule has 0 bridgehead atoms. The Morgan fingerprint density at radius 2 is 2.12 bits per heavy atom. The number of halogens is 1. The summed E-state index contributed by atoms with van der Waals surface area (Å²) in [6, 6.07) is 1.05. The first-order valence-electron chi connectivity index (χ1n) is 7.19. The fourth-order valence-corrected chi connectivity index (χ4v) is 2.93. The molecule has 0 aliphatic carbocycles. The lowest BCUT2D eigenvalue weighted by Crippen LogP contribution is -2.53. The number of aliphatic hydroxyl groups excluding tert-OH is 2. The number of nitrogens with one attached hydrogen (secondary N) is 1. The first-order chi connectivity index (χ1) is 11.0. The van der Waals surface area contributed by atoms with Crippen molar-refractivity contribution in [1.82, 2.24) is 9.55 Å². The van der Waals surface area contributed by atoms with Crippen molar-refractivity contribution in [3.63, 3.8) is 0 Å².